The molecule has 0 radical (unpaired) electrons. The molecule has 0 aliphatic carbocycles. The van der Waals surface area contributed by atoms with Gasteiger partial charge in [-0.15, -0.1) is 22.7 Å². The molecular formula is C42H24OS2. The van der Waals surface area contributed by atoms with Crippen LogP contribution in [0, 0.1) is 0 Å². The van der Waals surface area contributed by atoms with E-state index in [2.05, 4.69) is 133 Å². The lowest BCUT2D eigenvalue weighted by Gasteiger charge is -2.07. The van der Waals surface area contributed by atoms with E-state index in [1.807, 2.05) is 34.8 Å². The number of benzene rings is 7. The van der Waals surface area contributed by atoms with Crippen LogP contribution in [-0.2, 0) is 0 Å². The Labute approximate surface area is 267 Å². The van der Waals surface area contributed by atoms with Crippen molar-refractivity contribution >= 4 is 85.0 Å². The van der Waals surface area contributed by atoms with E-state index < -0.39 is 0 Å². The summed E-state index contributed by atoms with van der Waals surface area (Å²) in [6, 6.07) is 52.8. The van der Waals surface area contributed by atoms with Crippen molar-refractivity contribution < 1.29 is 4.42 Å². The zero-order valence-corrected chi connectivity index (χ0v) is 25.7. The van der Waals surface area contributed by atoms with E-state index in [4.69, 9.17) is 4.42 Å². The predicted octanol–water partition coefficient (Wildman–Crippen LogP) is 13.3. The van der Waals surface area contributed by atoms with Crippen molar-refractivity contribution in [1.29, 1.82) is 0 Å². The molecule has 0 saturated heterocycles. The molecule has 0 aliphatic rings. The van der Waals surface area contributed by atoms with Gasteiger partial charge in [0.05, 0.1) is 0 Å². The minimum absolute atomic E-state index is 0.923. The van der Waals surface area contributed by atoms with Crippen molar-refractivity contribution in [1.82, 2.24) is 0 Å². The van der Waals surface area contributed by atoms with E-state index in [0.29, 0.717) is 0 Å². The maximum absolute atomic E-state index is 6.21. The maximum Gasteiger partial charge on any atom is 0.136 e. The highest BCUT2D eigenvalue weighted by Gasteiger charge is 2.17. The number of fused-ring (bicyclic) bond motifs is 9. The number of thiophene rings is 2. The maximum atomic E-state index is 6.21. The Balaban J connectivity index is 1.14. The summed E-state index contributed by atoms with van der Waals surface area (Å²) in [5, 5.41) is 7.62. The molecule has 3 heteroatoms. The summed E-state index contributed by atoms with van der Waals surface area (Å²) in [5.74, 6) is 0. The van der Waals surface area contributed by atoms with Gasteiger partial charge >= 0.3 is 0 Å². The third kappa shape index (κ3) is 3.78. The number of hydrogen-bond acceptors (Lipinski definition) is 3. The predicted molar refractivity (Wildman–Crippen MR) is 196 cm³/mol. The number of rotatable bonds is 3. The topological polar surface area (TPSA) is 13.1 Å². The summed E-state index contributed by atoms with van der Waals surface area (Å²) in [5.41, 5.74) is 9.31. The van der Waals surface area contributed by atoms with Gasteiger partial charge in [0.15, 0.2) is 0 Å². The quantitative estimate of drug-likeness (QED) is 0.194. The normalized spacial score (nSPS) is 12.0. The van der Waals surface area contributed by atoms with E-state index >= 15 is 0 Å². The highest BCUT2D eigenvalue weighted by molar-refractivity contribution is 7.27. The summed E-state index contributed by atoms with van der Waals surface area (Å²) < 4.78 is 11.6. The molecule has 210 valence electrons. The molecule has 0 spiro atoms. The minimum atomic E-state index is 0.923. The molecule has 10 aromatic rings. The standard InChI is InChI=1S/C42H24OS2/c1-3-19-37-29(11-1)30-22-21-26(24-38(30)43-37)25-9-5-10-27(23-25)28-13-6-15-33-35-17-8-18-36(42(35)45-40(28)33)34-16-7-14-32-31-12-2-4-20-39(31)44-41(32)34/h1-24H. The molecule has 0 bridgehead atoms. The summed E-state index contributed by atoms with van der Waals surface area (Å²) in [4.78, 5) is 0. The van der Waals surface area contributed by atoms with Gasteiger partial charge in [0.2, 0.25) is 0 Å². The van der Waals surface area contributed by atoms with E-state index in [1.54, 1.807) is 0 Å². The monoisotopic (exact) mass is 608 g/mol. The van der Waals surface area contributed by atoms with Crippen molar-refractivity contribution in [3.05, 3.63) is 146 Å². The van der Waals surface area contributed by atoms with Crippen LogP contribution in [0.4, 0.5) is 0 Å². The van der Waals surface area contributed by atoms with Crippen molar-refractivity contribution in [2.24, 2.45) is 0 Å². The van der Waals surface area contributed by atoms with Crippen LogP contribution in [0.2, 0.25) is 0 Å². The van der Waals surface area contributed by atoms with E-state index in [0.717, 1.165) is 27.5 Å². The fourth-order valence-corrected chi connectivity index (χ4v) is 9.58. The van der Waals surface area contributed by atoms with E-state index in [9.17, 15) is 0 Å². The van der Waals surface area contributed by atoms with Gasteiger partial charge < -0.3 is 4.42 Å². The average molecular weight is 609 g/mol. The molecule has 3 aromatic heterocycles. The molecule has 0 fully saturated rings. The van der Waals surface area contributed by atoms with Gasteiger partial charge in [0.25, 0.3) is 0 Å². The molecular weight excluding hydrogens is 585 g/mol. The van der Waals surface area contributed by atoms with Crippen LogP contribution in [0.25, 0.3) is 95.7 Å². The van der Waals surface area contributed by atoms with Gasteiger partial charge in [0.1, 0.15) is 11.2 Å². The van der Waals surface area contributed by atoms with Crippen molar-refractivity contribution in [2.45, 2.75) is 0 Å². The Kier molecular flexibility index (Phi) is 5.39. The Morgan fingerprint density at radius 3 is 1.71 bits per heavy atom. The number of hydrogen-bond donors (Lipinski definition) is 0. The van der Waals surface area contributed by atoms with Gasteiger partial charge in [0, 0.05) is 62.2 Å². The summed E-state index contributed by atoms with van der Waals surface area (Å²) in [7, 11) is 0. The fraction of sp³-hybridized carbons (Fsp3) is 0. The molecule has 7 aromatic carbocycles. The number of para-hydroxylation sites is 1. The Morgan fingerprint density at radius 2 is 0.889 bits per heavy atom. The SMILES string of the molecule is c1cc(-c2ccc3c(c2)oc2ccccc23)cc(-c2cccc3c2sc2c(-c4cccc5c4sc4ccccc45)cccc23)c1. The summed E-state index contributed by atoms with van der Waals surface area (Å²) >= 11 is 3.81. The summed E-state index contributed by atoms with van der Waals surface area (Å²) in [6.45, 7) is 0. The molecule has 45 heavy (non-hydrogen) atoms. The van der Waals surface area contributed by atoms with Crippen molar-refractivity contribution in [3.8, 4) is 33.4 Å². The molecule has 0 N–H and O–H groups in total. The Bertz CT molecular complexity index is 2770. The van der Waals surface area contributed by atoms with Gasteiger partial charge in [-0.25, -0.2) is 0 Å². The van der Waals surface area contributed by atoms with Crippen LogP contribution in [0.1, 0.15) is 0 Å². The first-order valence-corrected chi connectivity index (χ1v) is 16.8. The first-order chi connectivity index (χ1) is 22.3. The van der Waals surface area contributed by atoms with Crippen LogP contribution < -0.4 is 0 Å². The highest BCUT2D eigenvalue weighted by atomic mass is 32.1. The Hall–Kier alpha value is -5.22. The summed E-state index contributed by atoms with van der Waals surface area (Å²) in [6.07, 6.45) is 0. The zero-order chi connectivity index (χ0) is 29.5. The van der Waals surface area contributed by atoms with E-state index in [1.165, 1.54) is 68.2 Å². The molecule has 3 heterocycles. The fourth-order valence-electron chi connectivity index (χ4n) is 6.99. The molecule has 1 nitrogen and oxygen atoms in total. The zero-order valence-electron chi connectivity index (χ0n) is 24.1. The number of furan rings is 1. The second-order valence-electron chi connectivity index (χ2n) is 11.6. The molecule has 0 atom stereocenters. The van der Waals surface area contributed by atoms with Gasteiger partial charge in [-0.05, 0) is 52.6 Å². The molecule has 0 amide bonds. The highest BCUT2D eigenvalue weighted by Crippen LogP contribution is 2.47. The van der Waals surface area contributed by atoms with Gasteiger partial charge in [-0.1, -0.05) is 115 Å². The first kappa shape index (κ1) is 25.1. The lowest BCUT2D eigenvalue weighted by atomic mass is 9.97. The van der Waals surface area contributed by atoms with Crippen molar-refractivity contribution in [2.75, 3.05) is 0 Å². The lowest BCUT2D eigenvalue weighted by molar-refractivity contribution is 0.669. The van der Waals surface area contributed by atoms with Gasteiger partial charge in [-0.3, -0.25) is 0 Å². The Morgan fingerprint density at radius 1 is 0.333 bits per heavy atom. The molecule has 10 rings (SSSR count). The van der Waals surface area contributed by atoms with Crippen LogP contribution in [-0.4, -0.2) is 0 Å². The first-order valence-electron chi connectivity index (χ1n) is 15.2. The van der Waals surface area contributed by atoms with Crippen LogP contribution in [0.5, 0.6) is 0 Å². The van der Waals surface area contributed by atoms with E-state index in [-0.39, 0.29) is 0 Å². The minimum Gasteiger partial charge on any atom is -0.456 e. The third-order valence-electron chi connectivity index (χ3n) is 9.10. The largest absolute Gasteiger partial charge is 0.456 e. The van der Waals surface area contributed by atoms with Crippen LogP contribution >= 0.6 is 22.7 Å². The van der Waals surface area contributed by atoms with Crippen molar-refractivity contribution in [3.63, 3.8) is 0 Å². The average Bonchev–Trinajstić information content (AvgIpc) is 3.79. The second kappa shape index (κ2) is 9.64. The molecule has 0 saturated carbocycles. The van der Waals surface area contributed by atoms with Crippen LogP contribution in [0.15, 0.2) is 150 Å². The molecule has 0 unspecified atom stereocenters. The van der Waals surface area contributed by atoms with Crippen LogP contribution in [0.3, 0.4) is 0 Å². The second-order valence-corrected chi connectivity index (χ2v) is 13.7. The van der Waals surface area contributed by atoms with Gasteiger partial charge in [-0.2, -0.15) is 0 Å². The smallest absolute Gasteiger partial charge is 0.136 e. The third-order valence-corrected chi connectivity index (χ3v) is 11.6. The lowest BCUT2D eigenvalue weighted by Crippen LogP contribution is -1.82. The molecule has 0 aliphatic heterocycles.